The summed E-state index contributed by atoms with van der Waals surface area (Å²) < 4.78 is 45.6. The number of hydrogen-bond acceptors (Lipinski definition) is 5. The molecule has 0 amide bonds. The Bertz CT molecular complexity index is 730. The summed E-state index contributed by atoms with van der Waals surface area (Å²) in [5, 5.41) is 3.96. The van der Waals surface area contributed by atoms with E-state index in [1.807, 2.05) is 11.0 Å². The van der Waals surface area contributed by atoms with E-state index in [0.717, 1.165) is 23.9 Å². The third kappa shape index (κ3) is 4.32. The first-order valence-electron chi connectivity index (χ1n) is 7.39. The molecule has 1 aliphatic rings. The van der Waals surface area contributed by atoms with Gasteiger partial charge in [0.2, 0.25) is 0 Å². The summed E-state index contributed by atoms with van der Waals surface area (Å²) in [5.74, 6) is 0.704. The predicted octanol–water partition coefficient (Wildman–Crippen LogP) is 2.48. The van der Waals surface area contributed by atoms with Crippen molar-refractivity contribution >= 4 is 12.2 Å². The van der Waals surface area contributed by atoms with Gasteiger partial charge in [0.25, 0.3) is 0 Å². The lowest BCUT2D eigenvalue weighted by Gasteiger charge is -2.16. The Morgan fingerprint density at radius 3 is 2.92 bits per heavy atom. The fourth-order valence-electron chi connectivity index (χ4n) is 2.59. The van der Waals surface area contributed by atoms with Gasteiger partial charge in [0.05, 0.1) is 12.9 Å². The molecule has 1 aliphatic heterocycles. The van der Waals surface area contributed by atoms with E-state index < -0.39 is 12.7 Å². The molecule has 10 heteroatoms. The monoisotopic (exact) mass is 359 g/mol. The van der Waals surface area contributed by atoms with Crippen LogP contribution in [0.4, 0.5) is 13.2 Å². The average molecular weight is 359 g/mol. The summed E-state index contributed by atoms with van der Waals surface area (Å²) in [6.45, 7) is 0.636. The van der Waals surface area contributed by atoms with Crippen molar-refractivity contribution in [1.29, 1.82) is 0 Å². The van der Waals surface area contributed by atoms with E-state index in [4.69, 9.17) is 17.0 Å². The summed E-state index contributed by atoms with van der Waals surface area (Å²) in [5.41, 5.74) is 0. The SMILES string of the molecule is FC(F)(F)Cn1cnn(CN2CC[C@H](Oc3cccnc3)C2)c1=S. The highest BCUT2D eigenvalue weighted by atomic mass is 32.1. The molecule has 1 saturated heterocycles. The lowest BCUT2D eigenvalue weighted by Crippen LogP contribution is -2.28. The van der Waals surface area contributed by atoms with Crippen molar-refractivity contribution in [3.63, 3.8) is 0 Å². The second-order valence-electron chi connectivity index (χ2n) is 5.59. The molecule has 0 bridgehead atoms. The molecule has 2 aromatic heterocycles. The van der Waals surface area contributed by atoms with Crippen LogP contribution in [0.1, 0.15) is 6.42 Å². The topological polar surface area (TPSA) is 48.1 Å². The molecule has 2 aromatic rings. The molecule has 0 unspecified atom stereocenters. The summed E-state index contributed by atoms with van der Waals surface area (Å²) >= 11 is 5.06. The maximum Gasteiger partial charge on any atom is 0.406 e. The Morgan fingerprint density at radius 2 is 2.21 bits per heavy atom. The second-order valence-corrected chi connectivity index (χ2v) is 5.96. The molecule has 0 aromatic carbocycles. The molecule has 130 valence electrons. The highest BCUT2D eigenvalue weighted by Crippen LogP contribution is 2.19. The van der Waals surface area contributed by atoms with Crippen molar-refractivity contribution in [2.75, 3.05) is 13.1 Å². The Morgan fingerprint density at radius 1 is 1.38 bits per heavy atom. The van der Waals surface area contributed by atoms with Crippen molar-refractivity contribution in [1.82, 2.24) is 24.2 Å². The number of ether oxygens (including phenoxy) is 1. The first-order chi connectivity index (χ1) is 11.4. The van der Waals surface area contributed by atoms with Gasteiger partial charge in [0, 0.05) is 19.3 Å². The number of rotatable bonds is 5. The smallest absolute Gasteiger partial charge is 0.406 e. The zero-order valence-electron chi connectivity index (χ0n) is 12.7. The molecule has 0 aliphatic carbocycles. The van der Waals surface area contributed by atoms with Crippen LogP contribution in [0.3, 0.4) is 0 Å². The fraction of sp³-hybridized carbons (Fsp3) is 0.500. The standard InChI is InChI=1S/C14H16F3N5OS/c15-14(16,17)8-21-9-19-22(13(21)24)10-20-5-3-12(7-20)23-11-2-1-4-18-6-11/h1-2,4,6,9,12H,3,5,7-8,10H2/t12-/m0/s1. The lowest BCUT2D eigenvalue weighted by molar-refractivity contribution is -0.141. The van der Waals surface area contributed by atoms with Crippen LogP contribution in [0.2, 0.25) is 0 Å². The van der Waals surface area contributed by atoms with E-state index in [-0.39, 0.29) is 10.9 Å². The van der Waals surface area contributed by atoms with E-state index in [9.17, 15) is 13.2 Å². The number of halogens is 3. The van der Waals surface area contributed by atoms with Crippen LogP contribution >= 0.6 is 12.2 Å². The molecule has 0 spiro atoms. The van der Waals surface area contributed by atoms with Gasteiger partial charge in [-0.1, -0.05) is 0 Å². The molecule has 6 nitrogen and oxygen atoms in total. The first kappa shape index (κ1) is 16.9. The van der Waals surface area contributed by atoms with Gasteiger partial charge in [-0.2, -0.15) is 18.3 Å². The summed E-state index contributed by atoms with van der Waals surface area (Å²) in [7, 11) is 0. The number of pyridine rings is 1. The molecular weight excluding hydrogens is 343 g/mol. The maximum atomic E-state index is 12.5. The number of hydrogen-bond donors (Lipinski definition) is 0. The Hall–Kier alpha value is -1.94. The molecule has 3 rings (SSSR count). The Kier molecular flexibility index (Phi) is 4.86. The van der Waals surface area contributed by atoms with Crippen LogP contribution in [0.5, 0.6) is 5.75 Å². The summed E-state index contributed by atoms with van der Waals surface area (Å²) in [6.07, 6.45) is 0.967. The van der Waals surface area contributed by atoms with Crippen LogP contribution in [0, 0.1) is 4.77 Å². The van der Waals surface area contributed by atoms with Gasteiger partial charge in [0.15, 0.2) is 4.77 Å². The van der Waals surface area contributed by atoms with Crippen molar-refractivity contribution in [3.8, 4) is 5.75 Å². The second kappa shape index (κ2) is 6.89. The van der Waals surface area contributed by atoms with E-state index in [2.05, 4.69) is 10.1 Å². The molecular formula is C14H16F3N5OS. The highest BCUT2D eigenvalue weighted by Gasteiger charge is 2.29. The largest absolute Gasteiger partial charge is 0.487 e. The minimum atomic E-state index is -4.32. The Labute approximate surface area is 141 Å². The van der Waals surface area contributed by atoms with E-state index in [0.29, 0.717) is 19.0 Å². The van der Waals surface area contributed by atoms with E-state index in [1.54, 1.807) is 18.5 Å². The first-order valence-corrected chi connectivity index (χ1v) is 7.79. The van der Waals surface area contributed by atoms with Gasteiger partial charge in [-0.25, -0.2) is 4.68 Å². The predicted molar refractivity (Wildman–Crippen MR) is 81.9 cm³/mol. The van der Waals surface area contributed by atoms with Gasteiger partial charge in [0.1, 0.15) is 24.7 Å². The van der Waals surface area contributed by atoms with Gasteiger partial charge in [-0.05, 0) is 30.8 Å². The lowest BCUT2D eigenvalue weighted by atomic mass is 10.3. The van der Waals surface area contributed by atoms with Crippen molar-refractivity contribution in [2.24, 2.45) is 0 Å². The molecule has 24 heavy (non-hydrogen) atoms. The van der Waals surface area contributed by atoms with Crippen LogP contribution in [-0.2, 0) is 13.2 Å². The van der Waals surface area contributed by atoms with Crippen LogP contribution in [-0.4, -0.2) is 49.6 Å². The fourth-order valence-corrected chi connectivity index (χ4v) is 2.81. The molecule has 0 saturated carbocycles. The molecule has 1 atom stereocenters. The zero-order valence-corrected chi connectivity index (χ0v) is 13.5. The molecule has 1 fully saturated rings. The van der Waals surface area contributed by atoms with Gasteiger partial charge in [-0.15, -0.1) is 0 Å². The van der Waals surface area contributed by atoms with Crippen LogP contribution < -0.4 is 4.74 Å². The van der Waals surface area contributed by atoms with Crippen LogP contribution in [0.25, 0.3) is 0 Å². The Balaban J connectivity index is 1.57. The number of alkyl halides is 3. The third-order valence-electron chi connectivity index (χ3n) is 3.65. The quantitative estimate of drug-likeness (QED) is 0.768. The minimum Gasteiger partial charge on any atom is -0.487 e. The number of nitrogens with zero attached hydrogens (tertiary/aromatic N) is 5. The minimum absolute atomic E-state index is 0.0145. The average Bonchev–Trinajstić information content (AvgIpc) is 3.09. The zero-order chi connectivity index (χ0) is 17.2. The molecule has 3 heterocycles. The van der Waals surface area contributed by atoms with Gasteiger partial charge >= 0.3 is 6.18 Å². The normalized spacial score (nSPS) is 18.9. The number of likely N-dealkylation sites (tertiary alicyclic amines) is 1. The van der Waals surface area contributed by atoms with E-state index in [1.165, 1.54) is 4.68 Å². The summed E-state index contributed by atoms with van der Waals surface area (Å²) in [4.78, 5) is 6.04. The van der Waals surface area contributed by atoms with Crippen molar-refractivity contribution in [2.45, 2.75) is 31.9 Å². The van der Waals surface area contributed by atoms with Crippen LogP contribution in [0.15, 0.2) is 30.9 Å². The van der Waals surface area contributed by atoms with Gasteiger partial charge < -0.3 is 4.74 Å². The molecule has 0 radical (unpaired) electrons. The van der Waals surface area contributed by atoms with Crippen molar-refractivity contribution < 1.29 is 17.9 Å². The molecule has 0 N–H and O–H groups in total. The highest BCUT2D eigenvalue weighted by molar-refractivity contribution is 7.71. The van der Waals surface area contributed by atoms with E-state index >= 15 is 0 Å². The summed E-state index contributed by atoms with van der Waals surface area (Å²) in [6, 6.07) is 3.64. The van der Waals surface area contributed by atoms with Crippen molar-refractivity contribution in [3.05, 3.63) is 35.6 Å². The van der Waals surface area contributed by atoms with Gasteiger partial charge in [-0.3, -0.25) is 14.5 Å². The third-order valence-corrected chi connectivity index (χ3v) is 4.09. The maximum absolute atomic E-state index is 12.5. The number of aromatic nitrogens is 4.